The highest BCUT2D eigenvalue weighted by Gasteiger charge is 2.49. The predicted molar refractivity (Wildman–Crippen MR) is 73.8 cm³/mol. The van der Waals surface area contributed by atoms with Crippen molar-refractivity contribution in [3.8, 4) is 5.75 Å². The number of benzene rings is 1. The molecule has 4 heteroatoms. The standard InChI is InChI=1S/C15H20N2O2/c1-8-2-5-12(18)11(6-8)17-15(19)13-9-3-4-10(7-9)14(13)16/h2,5-6,9-10,13-14,18H,3-4,7,16H2,1H3,(H,17,19). The highest BCUT2D eigenvalue weighted by molar-refractivity contribution is 5.95. The van der Waals surface area contributed by atoms with Crippen molar-refractivity contribution in [2.45, 2.75) is 32.2 Å². The van der Waals surface area contributed by atoms with E-state index in [2.05, 4.69) is 5.32 Å². The second-order valence-electron chi connectivity index (χ2n) is 5.95. The molecule has 2 saturated carbocycles. The molecule has 102 valence electrons. The summed E-state index contributed by atoms with van der Waals surface area (Å²) in [5, 5.41) is 12.6. The number of aromatic hydroxyl groups is 1. The molecule has 3 rings (SSSR count). The van der Waals surface area contributed by atoms with Crippen LogP contribution in [0.5, 0.6) is 5.75 Å². The molecule has 1 aromatic carbocycles. The van der Waals surface area contributed by atoms with Crippen LogP contribution in [0.1, 0.15) is 24.8 Å². The van der Waals surface area contributed by atoms with Crippen LogP contribution in [0.2, 0.25) is 0 Å². The molecule has 2 aliphatic carbocycles. The van der Waals surface area contributed by atoms with E-state index in [1.165, 1.54) is 0 Å². The van der Waals surface area contributed by atoms with Crippen LogP contribution in [0.4, 0.5) is 5.69 Å². The molecule has 0 aliphatic heterocycles. The summed E-state index contributed by atoms with van der Waals surface area (Å²) in [6.45, 7) is 1.93. The third-order valence-corrected chi connectivity index (χ3v) is 4.69. The van der Waals surface area contributed by atoms with Crippen molar-refractivity contribution < 1.29 is 9.90 Å². The molecular formula is C15H20N2O2. The van der Waals surface area contributed by atoms with E-state index >= 15 is 0 Å². The number of hydrogen-bond acceptors (Lipinski definition) is 3. The minimum atomic E-state index is -0.0985. The van der Waals surface area contributed by atoms with Crippen LogP contribution in [-0.4, -0.2) is 17.1 Å². The summed E-state index contributed by atoms with van der Waals surface area (Å²) < 4.78 is 0. The summed E-state index contributed by atoms with van der Waals surface area (Å²) in [6.07, 6.45) is 3.35. The Bertz CT molecular complexity index is 513. The lowest BCUT2D eigenvalue weighted by molar-refractivity contribution is -0.121. The van der Waals surface area contributed by atoms with E-state index in [0.717, 1.165) is 24.8 Å². The highest BCUT2D eigenvalue weighted by Crippen LogP contribution is 2.48. The number of nitrogens with two attached hydrogens (primary N) is 1. The van der Waals surface area contributed by atoms with Gasteiger partial charge in [-0.1, -0.05) is 6.07 Å². The third-order valence-electron chi connectivity index (χ3n) is 4.69. The summed E-state index contributed by atoms with van der Waals surface area (Å²) >= 11 is 0. The first kappa shape index (κ1) is 12.5. The van der Waals surface area contributed by atoms with E-state index in [9.17, 15) is 9.90 Å². The molecule has 0 heterocycles. The summed E-state index contributed by atoms with van der Waals surface area (Å²) in [6, 6.07) is 5.18. The normalized spacial score (nSPS) is 32.5. The number of hydrogen-bond donors (Lipinski definition) is 3. The van der Waals surface area contributed by atoms with Gasteiger partial charge in [-0.05, 0) is 55.7 Å². The van der Waals surface area contributed by atoms with Crippen LogP contribution in [0.3, 0.4) is 0 Å². The monoisotopic (exact) mass is 260 g/mol. The molecule has 0 radical (unpaired) electrons. The number of aryl methyl sites for hydroxylation is 1. The molecule has 4 N–H and O–H groups in total. The Morgan fingerprint density at radius 2 is 2.11 bits per heavy atom. The number of phenols is 1. The van der Waals surface area contributed by atoms with Gasteiger partial charge in [-0.25, -0.2) is 0 Å². The van der Waals surface area contributed by atoms with Crippen molar-refractivity contribution in [3.63, 3.8) is 0 Å². The maximum absolute atomic E-state index is 12.4. The fourth-order valence-electron chi connectivity index (χ4n) is 3.69. The average Bonchev–Trinajstić information content (AvgIpc) is 2.94. The molecular weight excluding hydrogens is 240 g/mol. The van der Waals surface area contributed by atoms with Crippen LogP contribution in [0.25, 0.3) is 0 Å². The third kappa shape index (κ3) is 2.10. The molecule has 0 saturated heterocycles. The Morgan fingerprint density at radius 1 is 1.37 bits per heavy atom. The Hall–Kier alpha value is -1.55. The molecule has 0 aromatic heterocycles. The van der Waals surface area contributed by atoms with Crippen molar-refractivity contribution in [1.82, 2.24) is 0 Å². The minimum absolute atomic E-state index is 0.0225. The van der Waals surface area contributed by atoms with Crippen LogP contribution in [0, 0.1) is 24.7 Å². The second kappa shape index (κ2) is 4.53. The van der Waals surface area contributed by atoms with Crippen LogP contribution < -0.4 is 11.1 Å². The van der Waals surface area contributed by atoms with Crippen LogP contribution in [-0.2, 0) is 4.79 Å². The molecule has 19 heavy (non-hydrogen) atoms. The molecule has 2 aliphatic rings. The summed E-state index contributed by atoms with van der Waals surface area (Å²) in [7, 11) is 0. The van der Waals surface area contributed by atoms with E-state index < -0.39 is 0 Å². The van der Waals surface area contributed by atoms with Crippen LogP contribution >= 0.6 is 0 Å². The Balaban J connectivity index is 1.77. The lowest BCUT2D eigenvalue weighted by atomic mass is 9.84. The molecule has 1 amide bonds. The van der Waals surface area contributed by atoms with E-state index in [1.807, 2.05) is 13.0 Å². The predicted octanol–water partition coefficient (Wildman–Crippen LogP) is 2.01. The zero-order chi connectivity index (χ0) is 13.6. The van der Waals surface area contributed by atoms with E-state index in [-0.39, 0.29) is 23.6 Å². The number of carbonyl (C=O) groups excluding carboxylic acids is 1. The molecule has 0 spiro atoms. The van der Waals surface area contributed by atoms with Gasteiger partial charge in [0.1, 0.15) is 5.75 Å². The number of carbonyl (C=O) groups is 1. The van der Waals surface area contributed by atoms with E-state index in [1.54, 1.807) is 12.1 Å². The van der Waals surface area contributed by atoms with Gasteiger partial charge in [0, 0.05) is 6.04 Å². The second-order valence-corrected chi connectivity index (χ2v) is 5.95. The quantitative estimate of drug-likeness (QED) is 0.712. The number of rotatable bonds is 2. The Morgan fingerprint density at radius 3 is 2.79 bits per heavy atom. The molecule has 4 atom stereocenters. The maximum Gasteiger partial charge on any atom is 0.229 e. The molecule has 4 nitrogen and oxygen atoms in total. The maximum atomic E-state index is 12.4. The average molecular weight is 260 g/mol. The fourth-order valence-corrected chi connectivity index (χ4v) is 3.69. The van der Waals surface area contributed by atoms with Gasteiger partial charge in [0.2, 0.25) is 5.91 Å². The number of fused-ring (bicyclic) bond motifs is 2. The lowest BCUT2D eigenvalue weighted by Gasteiger charge is -2.27. The van der Waals surface area contributed by atoms with Crippen LogP contribution in [0.15, 0.2) is 18.2 Å². The lowest BCUT2D eigenvalue weighted by Crippen LogP contribution is -2.42. The zero-order valence-corrected chi connectivity index (χ0v) is 11.1. The van der Waals surface area contributed by atoms with Crippen molar-refractivity contribution in [2.75, 3.05) is 5.32 Å². The highest BCUT2D eigenvalue weighted by atomic mass is 16.3. The number of phenolic OH excluding ortho intramolecular Hbond substituents is 1. The van der Waals surface area contributed by atoms with Gasteiger partial charge >= 0.3 is 0 Å². The number of nitrogens with one attached hydrogen (secondary N) is 1. The summed E-state index contributed by atoms with van der Waals surface area (Å²) in [5.41, 5.74) is 7.65. The van der Waals surface area contributed by atoms with Gasteiger partial charge in [-0.2, -0.15) is 0 Å². The zero-order valence-electron chi connectivity index (χ0n) is 11.1. The van der Waals surface area contributed by atoms with Gasteiger partial charge < -0.3 is 16.2 Å². The number of amides is 1. The Kier molecular flexibility index (Phi) is 2.97. The Labute approximate surface area is 113 Å². The van der Waals surface area contributed by atoms with Gasteiger partial charge in [0.15, 0.2) is 0 Å². The molecule has 2 fully saturated rings. The topological polar surface area (TPSA) is 75.3 Å². The van der Waals surface area contributed by atoms with Crippen molar-refractivity contribution >= 4 is 11.6 Å². The van der Waals surface area contributed by atoms with Crippen molar-refractivity contribution in [1.29, 1.82) is 0 Å². The van der Waals surface area contributed by atoms with Crippen molar-refractivity contribution in [2.24, 2.45) is 23.5 Å². The van der Waals surface area contributed by atoms with Gasteiger partial charge in [-0.3, -0.25) is 4.79 Å². The first-order valence-electron chi connectivity index (χ1n) is 6.92. The molecule has 2 bridgehead atoms. The SMILES string of the molecule is Cc1ccc(O)c(NC(=O)C2C3CCC(C3)C2N)c1. The fraction of sp³-hybridized carbons (Fsp3) is 0.533. The van der Waals surface area contributed by atoms with Gasteiger partial charge in [-0.15, -0.1) is 0 Å². The largest absolute Gasteiger partial charge is 0.506 e. The summed E-state index contributed by atoms with van der Waals surface area (Å²) in [5.74, 6) is 0.897. The minimum Gasteiger partial charge on any atom is -0.506 e. The van der Waals surface area contributed by atoms with Crippen molar-refractivity contribution in [3.05, 3.63) is 23.8 Å². The van der Waals surface area contributed by atoms with E-state index in [4.69, 9.17) is 5.73 Å². The smallest absolute Gasteiger partial charge is 0.229 e. The first-order valence-corrected chi connectivity index (χ1v) is 6.92. The van der Waals surface area contributed by atoms with E-state index in [0.29, 0.717) is 17.5 Å². The van der Waals surface area contributed by atoms with Gasteiger partial charge in [0.05, 0.1) is 11.6 Å². The molecule has 4 unspecified atom stereocenters. The number of anilines is 1. The van der Waals surface area contributed by atoms with Gasteiger partial charge in [0.25, 0.3) is 0 Å². The molecule has 1 aromatic rings. The summed E-state index contributed by atoms with van der Waals surface area (Å²) in [4.78, 5) is 12.4. The first-order chi connectivity index (χ1) is 9.06.